The van der Waals surface area contributed by atoms with Gasteiger partial charge in [0.2, 0.25) is 0 Å². The van der Waals surface area contributed by atoms with Gasteiger partial charge in [-0.2, -0.15) is 0 Å². The van der Waals surface area contributed by atoms with E-state index in [9.17, 15) is 4.79 Å². The van der Waals surface area contributed by atoms with Gasteiger partial charge in [-0.15, -0.1) is 11.3 Å². The fourth-order valence-corrected chi connectivity index (χ4v) is 4.70. The molecule has 2 saturated heterocycles. The molecule has 1 aromatic heterocycles. The highest BCUT2D eigenvalue weighted by Gasteiger charge is 2.33. The van der Waals surface area contributed by atoms with Crippen LogP contribution in [0.3, 0.4) is 0 Å². The molecule has 2 aliphatic heterocycles. The molecule has 4 nitrogen and oxygen atoms in total. The van der Waals surface area contributed by atoms with Gasteiger partial charge in [-0.1, -0.05) is 6.42 Å². The standard InChI is InChI=1S/C16H25N3OS/c1-11-15(21-12(2)18-11)16(20)17-10-13-6-5-9-19-8-4-3-7-14(13)19/h13-14H,3-10H2,1-2H3,(H,17,20). The largest absolute Gasteiger partial charge is 0.351 e. The first-order chi connectivity index (χ1) is 10.1. The molecule has 2 aliphatic rings. The van der Waals surface area contributed by atoms with Crippen molar-refractivity contribution >= 4 is 17.2 Å². The molecule has 1 amide bonds. The molecular formula is C16H25N3OS. The summed E-state index contributed by atoms with van der Waals surface area (Å²) in [6, 6.07) is 0.692. The molecule has 3 heterocycles. The second kappa shape index (κ2) is 6.44. The van der Waals surface area contributed by atoms with Gasteiger partial charge in [0, 0.05) is 12.6 Å². The number of rotatable bonds is 3. The maximum Gasteiger partial charge on any atom is 0.263 e. The number of carbonyl (C=O) groups is 1. The van der Waals surface area contributed by atoms with Crippen molar-refractivity contribution in [2.45, 2.75) is 52.0 Å². The number of amides is 1. The molecule has 1 aromatic rings. The van der Waals surface area contributed by atoms with Crippen LogP contribution in [0.4, 0.5) is 0 Å². The zero-order chi connectivity index (χ0) is 14.8. The Morgan fingerprint density at radius 2 is 2.10 bits per heavy atom. The van der Waals surface area contributed by atoms with Gasteiger partial charge in [0.1, 0.15) is 4.88 Å². The smallest absolute Gasteiger partial charge is 0.263 e. The normalized spacial score (nSPS) is 26.4. The molecule has 2 fully saturated rings. The van der Waals surface area contributed by atoms with E-state index >= 15 is 0 Å². The summed E-state index contributed by atoms with van der Waals surface area (Å²) < 4.78 is 0. The lowest BCUT2D eigenvalue weighted by atomic mass is 9.83. The van der Waals surface area contributed by atoms with Crippen LogP contribution in [0.15, 0.2) is 0 Å². The Bertz CT molecular complexity index is 512. The van der Waals surface area contributed by atoms with Crippen molar-refractivity contribution in [1.82, 2.24) is 15.2 Å². The van der Waals surface area contributed by atoms with Gasteiger partial charge in [0.15, 0.2) is 0 Å². The van der Waals surface area contributed by atoms with Crippen molar-refractivity contribution in [3.8, 4) is 0 Å². The van der Waals surface area contributed by atoms with Crippen molar-refractivity contribution in [2.24, 2.45) is 5.92 Å². The summed E-state index contributed by atoms with van der Waals surface area (Å²) in [5.41, 5.74) is 0.859. The topological polar surface area (TPSA) is 45.2 Å². The number of nitrogens with zero attached hydrogens (tertiary/aromatic N) is 2. The van der Waals surface area contributed by atoms with Crippen molar-refractivity contribution in [1.29, 1.82) is 0 Å². The maximum absolute atomic E-state index is 12.3. The minimum Gasteiger partial charge on any atom is -0.351 e. The van der Waals surface area contributed by atoms with Gasteiger partial charge < -0.3 is 10.2 Å². The molecule has 116 valence electrons. The number of aryl methyl sites for hydroxylation is 2. The Hall–Kier alpha value is -0.940. The molecule has 0 bridgehead atoms. The quantitative estimate of drug-likeness (QED) is 0.934. The predicted molar refractivity (Wildman–Crippen MR) is 85.9 cm³/mol. The molecule has 5 heteroatoms. The number of aromatic nitrogens is 1. The second-order valence-corrected chi connectivity index (χ2v) is 7.56. The number of piperidine rings is 2. The van der Waals surface area contributed by atoms with Gasteiger partial charge >= 0.3 is 0 Å². The maximum atomic E-state index is 12.3. The SMILES string of the molecule is Cc1nc(C)c(C(=O)NCC2CCCN3CCCCC23)s1. The molecular weight excluding hydrogens is 282 g/mol. The van der Waals surface area contributed by atoms with E-state index in [1.807, 2.05) is 13.8 Å². The third-order valence-corrected chi connectivity index (χ3v) is 5.93. The zero-order valence-electron chi connectivity index (χ0n) is 13.0. The molecule has 0 aliphatic carbocycles. The van der Waals surface area contributed by atoms with Crippen molar-refractivity contribution < 1.29 is 4.79 Å². The van der Waals surface area contributed by atoms with E-state index in [4.69, 9.17) is 0 Å². The molecule has 3 rings (SSSR count). The van der Waals surface area contributed by atoms with E-state index in [1.165, 1.54) is 56.5 Å². The zero-order valence-corrected chi connectivity index (χ0v) is 13.8. The van der Waals surface area contributed by atoms with E-state index in [0.717, 1.165) is 22.1 Å². The lowest BCUT2D eigenvalue weighted by Crippen LogP contribution is -2.50. The Kier molecular flexibility index (Phi) is 4.60. The number of hydrogen-bond acceptors (Lipinski definition) is 4. The first kappa shape index (κ1) is 15.0. The fraction of sp³-hybridized carbons (Fsp3) is 0.750. The van der Waals surface area contributed by atoms with Gasteiger partial charge in [-0.05, 0) is 58.5 Å². The van der Waals surface area contributed by atoms with Crippen molar-refractivity contribution in [3.05, 3.63) is 15.6 Å². The Labute approximate surface area is 130 Å². The highest BCUT2D eigenvalue weighted by Crippen LogP contribution is 2.30. The number of nitrogens with one attached hydrogen (secondary N) is 1. The first-order valence-corrected chi connectivity index (χ1v) is 8.93. The summed E-state index contributed by atoms with van der Waals surface area (Å²) in [5, 5.41) is 4.13. The van der Waals surface area contributed by atoms with Crippen LogP contribution in [0, 0.1) is 19.8 Å². The van der Waals surface area contributed by atoms with Crippen LogP contribution < -0.4 is 5.32 Å². The highest BCUT2D eigenvalue weighted by atomic mass is 32.1. The molecule has 21 heavy (non-hydrogen) atoms. The van der Waals surface area contributed by atoms with E-state index in [0.29, 0.717) is 12.0 Å². The van der Waals surface area contributed by atoms with E-state index in [1.54, 1.807) is 0 Å². The molecule has 0 spiro atoms. The summed E-state index contributed by atoms with van der Waals surface area (Å²) in [6.45, 7) is 7.19. The van der Waals surface area contributed by atoms with Crippen LogP contribution >= 0.6 is 11.3 Å². The second-order valence-electron chi connectivity index (χ2n) is 6.36. The Morgan fingerprint density at radius 1 is 1.29 bits per heavy atom. The van der Waals surface area contributed by atoms with Gasteiger partial charge in [-0.3, -0.25) is 4.79 Å². The minimum atomic E-state index is 0.0611. The molecule has 2 atom stereocenters. The van der Waals surface area contributed by atoms with Crippen LogP contribution in [0.25, 0.3) is 0 Å². The van der Waals surface area contributed by atoms with Gasteiger partial charge in [0.25, 0.3) is 5.91 Å². The molecule has 0 aromatic carbocycles. The number of carbonyl (C=O) groups excluding carboxylic acids is 1. The number of thiazole rings is 1. The minimum absolute atomic E-state index is 0.0611. The third-order valence-electron chi connectivity index (χ3n) is 4.86. The van der Waals surface area contributed by atoms with Crippen LogP contribution in [-0.2, 0) is 0 Å². The summed E-state index contributed by atoms with van der Waals surface area (Å²) in [4.78, 5) is 20.1. The Balaban J connectivity index is 1.59. The lowest BCUT2D eigenvalue weighted by Gasteiger charge is -2.44. The van der Waals surface area contributed by atoms with Gasteiger partial charge in [-0.25, -0.2) is 4.98 Å². The monoisotopic (exact) mass is 307 g/mol. The van der Waals surface area contributed by atoms with Crippen LogP contribution in [0.1, 0.15) is 52.5 Å². The third kappa shape index (κ3) is 3.29. The average Bonchev–Trinajstić information content (AvgIpc) is 2.83. The van der Waals surface area contributed by atoms with Gasteiger partial charge in [0.05, 0.1) is 10.7 Å². The van der Waals surface area contributed by atoms with Crippen molar-refractivity contribution in [3.63, 3.8) is 0 Å². The van der Waals surface area contributed by atoms with Crippen LogP contribution in [-0.4, -0.2) is 41.5 Å². The average molecular weight is 307 g/mol. The van der Waals surface area contributed by atoms with Crippen LogP contribution in [0.5, 0.6) is 0 Å². The summed E-state index contributed by atoms with van der Waals surface area (Å²) >= 11 is 1.50. The van der Waals surface area contributed by atoms with Crippen molar-refractivity contribution in [2.75, 3.05) is 19.6 Å². The lowest BCUT2D eigenvalue weighted by molar-refractivity contribution is 0.0576. The van der Waals surface area contributed by atoms with E-state index < -0.39 is 0 Å². The fourth-order valence-electron chi connectivity index (χ4n) is 3.86. The summed E-state index contributed by atoms with van der Waals surface area (Å²) in [7, 11) is 0. The van der Waals surface area contributed by atoms with E-state index in [2.05, 4.69) is 15.2 Å². The predicted octanol–water partition coefficient (Wildman–Crippen LogP) is 2.75. The highest BCUT2D eigenvalue weighted by molar-refractivity contribution is 7.13. The molecule has 0 radical (unpaired) electrons. The first-order valence-electron chi connectivity index (χ1n) is 8.11. The summed E-state index contributed by atoms with van der Waals surface area (Å²) in [6.07, 6.45) is 6.52. The Morgan fingerprint density at radius 3 is 2.86 bits per heavy atom. The summed E-state index contributed by atoms with van der Waals surface area (Å²) in [5.74, 6) is 0.684. The van der Waals surface area contributed by atoms with Crippen LogP contribution in [0.2, 0.25) is 0 Å². The van der Waals surface area contributed by atoms with E-state index in [-0.39, 0.29) is 5.91 Å². The molecule has 2 unspecified atom stereocenters. The number of hydrogen-bond donors (Lipinski definition) is 1. The number of fused-ring (bicyclic) bond motifs is 1. The molecule has 1 N–H and O–H groups in total. The molecule has 0 saturated carbocycles.